The lowest BCUT2D eigenvalue weighted by molar-refractivity contribution is 0.0557. The van der Waals surface area contributed by atoms with Gasteiger partial charge in [-0.2, -0.15) is 0 Å². The lowest BCUT2D eigenvalue weighted by Crippen LogP contribution is -2.44. The second kappa shape index (κ2) is 10.0. The quantitative estimate of drug-likeness (QED) is 0.605. The van der Waals surface area contributed by atoms with Crippen LogP contribution in [0.3, 0.4) is 0 Å². The molecule has 2 heterocycles. The molecule has 0 aliphatic carbocycles. The number of aliphatic hydroxyl groups excluding tert-OH is 1. The van der Waals surface area contributed by atoms with Crippen molar-refractivity contribution in [2.75, 3.05) is 13.7 Å². The van der Waals surface area contributed by atoms with Crippen molar-refractivity contribution in [1.29, 1.82) is 0 Å². The Morgan fingerprint density at radius 1 is 1.19 bits per heavy atom. The van der Waals surface area contributed by atoms with E-state index in [9.17, 15) is 14.7 Å². The summed E-state index contributed by atoms with van der Waals surface area (Å²) in [6.07, 6.45) is 3.83. The summed E-state index contributed by atoms with van der Waals surface area (Å²) in [4.78, 5) is 32.9. The second-order valence-electron chi connectivity index (χ2n) is 7.22. The van der Waals surface area contributed by atoms with Crippen molar-refractivity contribution in [3.63, 3.8) is 0 Å². The average Bonchev–Trinajstić information content (AvgIpc) is 2.80. The number of nitrogens with zero attached hydrogens (tertiary/aromatic N) is 3. The summed E-state index contributed by atoms with van der Waals surface area (Å²) in [7, 11) is 1.53. The Morgan fingerprint density at radius 3 is 2.58 bits per heavy atom. The van der Waals surface area contributed by atoms with Crippen LogP contribution >= 0.6 is 0 Å². The van der Waals surface area contributed by atoms with Gasteiger partial charge in [0, 0.05) is 12.4 Å². The van der Waals surface area contributed by atoms with E-state index >= 15 is 0 Å². The van der Waals surface area contributed by atoms with E-state index in [1.54, 1.807) is 49.6 Å². The van der Waals surface area contributed by atoms with Gasteiger partial charge in [0.15, 0.2) is 0 Å². The molecule has 2 aromatic heterocycles. The summed E-state index contributed by atoms with van der Waals surface area (Å²) < 4.78 is 6.80. The minimum absolute atomic E-state index is 0.0660. The van der Waals surface area contributed by atoms with Crippen LogP contribution in [0.15, 0.2) is 65.7 Å². The summed E-state index contributed by atoms with van der Waals surface area (Å²) in [5, 5.41) is 9.90. The molecule has 0 saturated heterocycles. The van der Waals surface area contributed by atoms with E-state index in [4.69, 9.17) is 4.74 Å². The van der Waals surface area contributed by atoms with Gasteiger partial charge in [-0.05, 0) is 49.2 Å². The Bertz CT molecular complexity index is 1090. The summed E-state index contributed by atoms with van der Waals surface area (Å²) in [5.74, 6) is 0.0947. The molecule has 7 nitrogen and oxygen atoms in total. The van der Waals surface area contributed by atoms with Crippen molar-refractivity contribution in [3.05, 3.63) is 88.1 Å². The van der Waals surface area contributed by atoms with E-state index in [0.29, 0.717) is 29.1 Å². The van der Waals surface area contributed by atoms with Gasteiger partial charge >= 0.3 is 0 Å². The predicted molar refractivity (Wildman–Crippen MR) is 119 cm³/mol. The van der Waals surface area contributed by atoms with Crippen LogP contribution in [-0.4, -0.2) is 45.2 Å². The van der Waals surface area contributed by atoms with E-state index < -0.39 is 17.5 Å². The van der Waals surface area contributed by atoms with Crippen LogP contribution in [0.4, 0.5) is 0 Å². The number of methoxy groups -OCH3 is 1. The fraction of sp³-hybridized carbons (Fsp3) is 0.292. The highest BCUT2D eigenvalue weighted by Gasteiger charge is 2.28. The van der Waals surface area contributed by atoms with Gasteiger partial charge in [0.25, 0.3) is 11.5 Å². The van der Waals surface area contributed by atoms with Crippen LogP contribution in [-0.2, 0) is 6.54 Å². The highest BCUT2D eigenvalue weighted by Crippen LogP contribution is 2.22. The van der Waals surface area contributed by atoms with Gasteiger partial charge in [-0.3, -0.25) is 19.1 Å². The molecule has 0 bridgehead atoms. The van der Waals surface area contributed by atoms with Crippen molar-refractivity contribution in [2.24, 2.45) is 0 Å². The molecule has 1 unspecified atom stereocenters. The molecule has 1 amide bonds. The minimum Gasteiger partial charge on any atom is -0.495 e. The monoisotopic (exact) mass is 421 g/mol. The number of hydrogen-bond donors (Lipinski definition) is 1. The number of carbonyl (C=O) groups excluding carboxylic acids is 1. The summed E-state index contributed by atoms with van der Waals surface area (Å²) in [6, 6.07) is 13.9. The van der Waals surface area contributed by atoms with Crippen molar-refractivity contribution in [1.82, 2.24) is 14.5 Å². The zero-order valence-corrected chi connectivity index (χ0v) is 18.0. The van der Waals surface area contributed by atoms with Crippen molar-refractivity contribution in [2.45, 2.75) is 32.9 Å². The molecule has 1 atom stereocenters. The van der Waals surface area contributed by atoms with Gasteiger partial charge in [-0.15, -0.1) is 0 Å². The number of aliphatic hydroxyl groups is 1. The zero-order valence-electron chi connectivity index (χ0n) is 18.0. The number of aryl methyl sites for hydroxylation is 1. The van der Waals surface area contributed by atoms with Crippen molar-refractivity contribution in [3.8, 4) is 11.4 Å². The molecule has 0 spiro atoms. The minimum atomic E-state index is -0.437. The number of para-hydroxylation sites is 2. The Morgan fingerprint density at radius 2 is 1.94 bits per heavy atom. The largest absolute Gasteiger partial charge is 0.495 e. The van der Waals surface area contributed by atoms with Crippen LogP contribution < -0.4 is 10.3 Å². The molecule has 0 saturated carbocycles. The normalized spacial score (nSPS) is 11.7. The molecule has 3 rings (SSSR count). The topological polar surface area (TPSA) is 84.7 Å². The third kappa shape index (κ3) is 4.67. The Hall–Kier alpha value is -3.45. The second-order valence-corrected chi connectivity index (χ2v) is 7.22. The van der Waals surface area contributed by atoms with Crippen molar-refractivity contribution >= 4 is 5.91 Å². The fourth-order valence-electron chi connectivity index (χ4n) is 3.53. The van der Waals surface area contributed by atoms with E-state index in [1.807, 2.05) is 25.1 Å². The van der Waals surface area contributed by atoms with Gasteiger partial charge in [-0.1, -0.05) is 25.1 Å². The molecular formula is C24H27N3O4. The third-order valence-electron chi connectivity index (χ3n) is 5.30. The SMILES string of the molecule is CCC(CO)N(Cc1ccccn1)C(=O)c1c(C)ccn(-c2ccccc2OC)c1=O. The molecule has 1 N–H and O–H groups in total. The number of ether oxygens (including phenoxy) is 1. The molecule has 7 heteroatoms. The zero-order chi connectivity index (χ0) is 22.4. The van der Waals surface area contributed by atoms with Crippen LogP contribution in [0.5, 0.6) is 5.75 Å². The maximum absolute atomic E-state index is 13.6. The molecule has 162 valence electrons. The third-order valence-corrected chi connectivity index (χ3v) is 5.30. The smallest absolute Gasteiger partial charge is 0.268 e. The molecule has 0 radical (unpaired) electrons. The molecule has 1 aromatic carbocycles. The van der Waals surface area contributed by atoms with Gasteiger partial charge in [-0.25, -0.2) is 0 Å². The van der Waals surface area contributed by atoms with Crippen LogP contribution in [0.25, 0.3) is 5.69 Å². The van der Waals surface area contributed by atoms with Crippen LogP contribution in [0, 0.1) is 6.92 Å². The number of benzene rings is 1. The molecular weight excluding hydrogens is 394 g/mol. The Kier molecular flexibility index (Phi) is 7.20. The van der Waals surface area contributed by atoms with E-state index in [0.717, 1.165) is 0 Å². The first kappa shape index (κ1) is 22.2. The van der Waals surface area contributed by atoms with E-state index in [-0.39, 0.29) is 18.7 Å². The van der Waals surface area contributed by atoms with Gasteiger partial charge < -0.3 is 14.7 Å². The number of aromatic nitrogens is 2. The first-order valence-electron chi connectivity index (χ1n) is 10.2. The van der Waals surface area contributed by atoms with Crippen LogP contribution in [0.1, 0.15) is 35.0 Å². The molecule has 0 aliphatic rings. The number of hydrogen-bond acceptors (Lipinski definition) is 5. The molecule has 31 heavy (non-hydrogen) atoms. The number of carbonyl (C=O) groups is 1. The van der Waals surface area contributed by atoms with Gasteiger partial charge in [0.05, 0.1) is 37.7 Å². The molecule has 3 aromatic rings. The van der Waals surface area contributed by atoms with Gasteiger partial charge in [0.2, 0.25) is 0 Å². The lowest BCUT2D eigenvalue weighted by Gasteiger charge is -2.30. The Labute approximate surface area is 181 Å². The average molecular weight is 421 g/mol. The highest BCUT2D eigenvalue weighted by molar-refractivity contribution is 5.95. The first-order chi connectivity index (χ1) is 15.0. The van der Waals surface area contributed by atoms with E-state index in [2.05, 4.69) is 4.98 Å². The lowest BCUT2D eigenvalue weighted by atomic mass is 10.1. The molecule has 0 fully saturated rings. The maximum Gasteiger partial charge on any atom is 0.268 e. The maximum atomic E-state index is 13.6. The molecule has 0 aliphatic heterocycles. The summed E-state index contributed by atoms with van der Waals surface area (Å²) in [5.41, 5.74) is 1.43. The van der Waals surface area contributed by atoms with Gasteiger partial charge in [0.1, 0.15) is 11.3 Å². The summed E-state index contributed by atoms with van der Waals surface area (Å²) >= 11 is 0. The number of rotatable bonds is 8. The Balaban J connectivity index is 2.10. The van der Waals surface area contributed by atoms with Crippen molar-refractivity contribution < 1.29 is 14.6 Å². The number of amides is 1. The number of pyridine rings is 2. The standard InChI is InChI=1S/C24H27N3O4/c1-4-19(16-28)27(15-18-9-7-8-13-25-18)24(30)22-17(2)12-14-26(23(22)29)20-10-5-6-11-21(20)31-3/h5-14,19,28H,4,15-16H2,1-3H3. The first-order valence-corrected chi connectivity index (χ1v) is 10.2. The van der Waals surface area contributed by atoms with Crippen LogP contribution in [0.2, 0.25) is 0 Å². The van der Waals surface area contributed by atoms with E-state index in [1.165, 1.54) is 16.6 Å². The fourth-order valence-corrected chi connectivity index (χ4v) is 3.53. The predicted octanol–water partition coefficient (Wildman–Crippen LogP) is 2.96. The highest BCUT2D eigenvalue weighted by atomic mass is 16.5. The summed E-state index contributed by atoms with van der Waals surface area (Å²) in [6.45, 7) is 3.62.